The van der Waals surface area contributed by atoms with E-state index < -0.39 is 31.3 Å². The highest BCUT2D eigenvalue weighted by atomic mass is 32.2. The first kappa shape index (κ1) is 20.2. The first-order chi connectivity index (χ1) is 12.5. The molecular formula is C17H25N3O5S2. The second kappa shape index (κ2) is 7.16. The van der Waals surface area contributed by atoms with Crippen LogP contribution in [0.3, 0.4) is 0 Å². The highest BCUT2D eigenvalue weighted by Gasteiger charge is 2.39. The van der Waals surface area contributed by atoms with Crippen molar-refractivity contribution in [3.63, 3.8) is 0 Å². The molecule has 0 radical (unpaired) electrons. The van der Waals surface area contributed by atoms with E-state index in [2.05, 4.69) is 10.2 Å². The Labute approximate surface area is 160 Å². The maximum absolute atomic E-state index is 12.9. The SMILES string of the molecule is CN1CCN(S(=O)(=O)c2cccc(C(=O)N[C@@]3(C)CCS(=O)(=O)C3)c2)CC1. The molecule has 3 rings (SSSR count). The molecule has 0 saturated carbocycles. The van der Waals surface area contributed by atoms with E-state index in [0.29, 0.717) is 32.6 Å². The zero-order chi connectivity index (χ0) is 19.9. The van der Waals surface area contributed by atoms with Crippen LogP contribution < -0.4 is 5.32 Å². The Balaban J connectivity index is 1.78. The molecule has 150 valence electrons. The average Bonchev–Trinajstić information content (AvgIpc) is 2.88. The molecule has 2 heterocycles. The molecule has 0 aromatic heterocycles. The van der Waals surface area contributed by atoms with Gasteiger partial charge in [-0.2, -0.15) is 4.31 Å². The third-order valence-electron chi connectivity index (χ3n) is 5.11. The monoisotopic (exact) mass is 415 g/mol. The van der Waals surface area contributed by atoms with Crippen LogP contribution in [0.2, 0.25) is 0 Å². The molecule has 10 heteroatoms. The maximum atomic E-state index is 12.9. The van der Waals surface area contributed by atoms with Crippen molar-refractivity contribution in [3.05, 3.63) is 29.8 Å². The Kier molecular flexibility index (Phi) is 5.37. The van der Waals surface area contributed by atoms with Gasteiger partial charge in [-0.25, -0.2) is 16.8 Å². The van der Waals surface area contributed by atoms with Crippen molar-refractivity contribution >= 4 is 25.8 Å². The number of piperazine rings is 1. The fourth-order valence-corrected chi connectivity index (χ4v) is 6.99. The summed E-state index contributed by atoms with van der Waals surface area (Å²) in [5, 5.41) is 2.76. The molecule has 0 aliphatic carbocycles. The molecule has 2 aliphatic heterocycles. The van der Waals surface area contributed by atoms with E-state index in [-0.39, 0.29) is 22.0 Å². The van der Waals surface area contributed by atoms with Crippen molar-refractivity contribution in [2.45, 2.75) is 23.8 Å². The number of hydrogen-bond donors (Lipinski definition) is 1. The van der Waals surface area contributed by atoms with E-state index in [1.165, 1.54) is 28.6 Å². The minimum absolute atomic E-state index is 0.0433. The smallest absolute Gasteiger partial charge is 0.251 e. The number of carbonyl (C=O) groups is 1. The molecule has 0 spiro atoms. The van der Waals surface area contributed by atoms with Gasteiger partial charge in [-0.1, -0.05) is 6.07 Å². The number of amides is 1. The number of nitrogens with zero attached hydrogens (tertiary/aromatic N) is 2. The predicted octanol–water partition coefficient (Wildman–Crippen LogP) is -0.0703. The van der Waals surface area contributed by atoms with Gasteiger partial charge in [0.25, 0.3) is 5.91 Å². The lowest BCUT2D eigenvalue weighted by Crippen LogP contribution is -2.47. The van der Waals surface area contributed by atoms with Gasteiger partial charge in [-0.3, -0.25) is 4.79 Å². The normalized spacial score (nSPS) is 26.7. The molecule has 1 aromatic rings. The number of carbonyl (C=O) groups excluding carboxylic acids is 1. The molecule has 2 aliphatic rings. The number of rotatable bonds is 4. The molecule has 2 fully saturated rings. The van der Waals surface area contributed by atoms with Gasteiger partial charge in [0.05, 0.1) is 21.9 Å². The van der Waals surface area contributed by atoms with Gasteiger partial charge in [0.1, 0.15) is 0 Å². The van der Waals surface area contributed by atoms with Crippen molar-refractivity contribution in [3.8, 4) is 0 Å². The maximum Gasteiger partial charge on any atom is 0.251 e. The quantitative estimate of drug-likeness (QED) is 0.738. The third-order valence-corrected chi connectivity index (χ3v) is 8.91. The summed E-state index contributed by atoms with van der Waals surface area (Å²) in [5.74, 6) is -0.530. The van der Waals surface area contributed by atoms with Crippen LogP contribution in [-0.4, -0.2) is 82.2 Å². The minimum Gasteiger partial charge on any atom is -0.346 e. The number of hydrogen-bond acceptors (Lipinski definition) is 6. The largest absolute Gasteiger partial charge is 0.346 e. The van der Waals surface area contributed by atoms with Crippen LogP contribution in [0.1, 0.15) is 23.7 Å². The topological polar surface area (TPSA) is 104 Å². The molecule has 27 heavy (non-hydrogen) atoms. The molecule has 8 nitrogen and oxygen atoms in total. The van der Waals surface area contributed by atoms with Crippen LogP contribution in [-0.2, 0) is 19.9 Å². The predicted molar refractivity (Wildman–Crippen MR) is 102 cm³/mol. The van der Waals surface area contributed by atoms with Gasteiger partial charge in [0, 0.05) is 31.7 Å². The van der Waals surface area contributed by atoms with Crippen LogP contribution in [0.5, 0.6) is 0 Å². The van der Waals surface area contributed by atoms with Gasteiger partial charge >= 0.3 is 0 Å². The highest BCUT2D eigenvalue weighted by Crippen LogP contribution is 2.24. The Morgan fingerprint density at radius 3 is 2.44 bits per heavy atom. The number of likely N-dealkylation sites (N-methyl/N-ethyl adjacent to an activating group) is 1. The summed E-state index contributed by atoms with van der Waals surface area (Å²) in [6.45, 7) is 3.83. The molecule has 0 bridgehead atoms. The second-order valence-electron chi connectivity index (χ2n) is 7.59. The van der Waals surface area contributed by atoms with Crippen LogP contribution in [0, 0.1) is 0 Å². The summed E-state index contributed by atoms with van der Waals surface area (Å²) in [4.78, 5) is 14.7. The molecule has 2 saturated heterocycles. The van der Waals surface area contributed by atoms with E-state index in [0.717, 1.165) is 0 Å². The molecule has 0 unspecified atom stereocenters. The fraction of sp³-hybridized carbons (Fsp3) is 0.588. The van der Waals surface area contributed by atoms with Crippen molar-refractivity contribution in [1.29, 1.82) is 0 Å². The zero-order valence-corrected chi connectivity index (χ0v) is 17.1. The molecule has 1 amide bonds. The third kappa shape index (κ3) is 4.50. The Hall–Kier alpha value is -1.49. The van der Waals surface area contributed by atoms with E-state index >= 15 is 0 Å². The van der Waals surface area contributed by atoms with Crippen LogP contribution in [0.25, 0.3) is 0 Å². The number of sulfone groups is 1. The number of benzene rings is 1. The zero-order valence-electron chi connectivity index (χ0n) is 15.5. The minimum atomic E-state index is -3.67. The molecular weight excluding hydrogens is 390 g/mol. The lowest BCUT2D eigenvalue weighted by molar-refractivity contribution is 0.0915. The Bertz CT molecular complexity index is 937. The number of nitrogens with one attached hydrogen (secondary N) is 1. The van der Waals surface area contributed by atoms with Crippen LogP contribution in [0.4, 0.5) is 0 Å². The standard InChI is InChI=1S/C17H25N3O5S2/c1-17(6-11-26(22,23)13-17)18-16(21)14-4-3-5-15(12-14)27(24,25)20-9-7-19(2)8-10-20/h3-5,12H,6-11,13H2,1-2H3,(H,18,21)/t17-/m0/s1. The Morgan fingerprint density at radius 2 is 1.85 bits per heavy atom. The summed E-state index contributed by atoms with van der Waals surface area (Å²) in [6.07, 6.45) is 0.348. The van der Waals surface area contributed by atoms with Gasteiger partial charge in [-0.05, 0) is 38.6 Å². The van der Waals surface area contributed by atoms with Gasteiger partial charge in [-0.15, -0.1) is 0 Å². The first-order valence-corrected chi connectivity index (χ1v) is 12.1. The first-order valence-electron chi connectivity index (χ1n) is 8.83. The number of sulfonamides is 1. The van der Waals surface area contributed by atoms with E-state index in [1.807, 2.05) is 7.05 Å². The van der Waals surface area contributed by atoms with Crippen molar-refractivity contribution in [1.82, 2.24) is 14.5 Å². The molecule has 1 aromatic carbocycles. The van der Waals surface area contributed by atoms with Crippen LogP contribution in [0.15, 0.2) is 29.2 Å². The lowest BCUT2D eigenvalue weighted by atomic mass is 10.0. The summed E-state index contributed by atoms with van der Waals surface area (Å²) in [7, 11) is -4.88. The Morgan fingerprint density at radius 1 is 1.19 bits per heavy atom. The molecule has 1 N–H and O–H groups in total. The van der Waals surface area contributed by atoms with Crippen LogP contribution >= 0.6 is 0 Å². The van der Waals surface area contributed by atoms with E-state index in [1.54, 1.807) is 6.92 Å². The van der Waals surface area contributed by atoms with Crippen molar-refractivity contribution < 1.29 is 21.6 Å². The van der Waals surface area contributed by atoms with E-state index in [4.69, 9.17) is 0 Å². The lowest BCUT2D eigenvalue weighted by Gasteiger charge is -2.31. The van der Waals surface area contributed by atoms with E-state index in [9.17, 15) is 21.6 Å². The van der Waals surface area contributed by atoms with Gasteiger partial charge in [0.2, 0.25) is 10.0 Å². The summed E-state index contributed by atoms with van der Waals surface area (Å²) < 4.78 is 50.6. The van der Waals surface area contributed by atoms with Gasteiger partial charge in [0.15, 0.2) is 9.84 Å². The summed E-state index contributed by atoms with van der Waals surface area (Å²) >= 11 is 0. The summed E-state index contributed by atoms with van der Waals surface area (Å²) in [5.41, 5.74) is -0.627. The fourth-order valence-electron chi connectivity index (χ4n) is 3.43. The highest BCUT2D eigenvalue weighted by molar-refractivity contribution is 7.91. The van der Waals surface area contributed by atoms with Crippen molar-refractivity contribution in [2.75, 3.05) is 44.7 Å². The van der Waals surface area contributed by atoms with Gasteiger partial charge < -0.3 is 10.2 Å². The van der Waals surface area contributed by atoms with Crippen molar-refractivity contribution in [2.24, 2.45) is 0 Å². The second-order valence-corrected chi connectivity index (χ2v) is 11.7. The average molecular weight is 416 g/mol. The summed E-state index contributed by atoms with van der Waals surface area (Å²) in [6, 6.07) is 5.90. The molecule has 1 atom stereocenters.